The van der Waals surface area contributed by atoms with Crippen LogP contribution in [-0.4, -0.2) is 50.2 Å². The zero-order chi connectivity index (χ0) is 26.4. The number of halogens is 1. The third-order valence-corrected chi connectivity index (χ3v) is 6.12. The Bertz CT molecular complexity index is 1210. The number of phenolic OH excluding ortho intramolecular Hbond substituents is 1. The molecule has 0 aliphatic rings. The molecule has 7 nitrogen and oxygen atoms in total. The number of carbonyl (C=O) groups excluding carboxylic acids is 2. The van der Waals surface area contributed by atoms with Gasteiger partial charge in [0.2, 0.25) is 0 Å². The van der Waals surface area contributed by atoms with Crippen LogP contribution in [-0.2, 0) is 29.0 Å². The maximum Gasteiger partial charge on any atom is 0.328 e. The minimum Gasteiger partial charge on any atom is -0.507 e. The van der Waals surface area contributed by atoms with Crippen molar-refractivity contribution in [2.75, 3.05) is 14.2 Å². The van der Waals surface area contributed by atoms with Crippen LogP contribution >= 0.6 is 11.6 Å². The molecular weight excluding hydrogens is 481 g/mol. The van der Waals surface area contributed by atoms with E-state index in [0.717, 1.165) is 34.2 Å². The van der Waals surface area contributed by atoms with Crippen molar-refractivity contribution in [3.63, 3.8) is 0 Å². The molecule has 9 heteroatoms. The van der Waals surface area contributed by atoms with Gasteiger partial charge in [-0.15, -0.1) is 0 Å². The fraction of sp³-hybridized carbons (Fsp3) is 0.259. The summed E-state index contributed by atoms with van der Waals surface area (Å²) in [5, 5.41) is 22.2. The Hall–Kier alpha value is -3.49. The van der Waals surface area contributed by atoms with Crippen LogP contribution in [0.1, 0.15) is 34.0 Å². The van der Waals surface area contributed by atoms with Gasteiger partial charge in [0.1, 0.15) is 25.4 Å². The largest absolute Gasteiger partial charge is 0.507 e. The topological polar surface area (TPSA) is 105 Å². The predicted molar refractivity (Wildman–Crippen MR) is 139 cm³/mol. The molecule has 3 aromatic rings. The van der Waals surface area contributed by atoms with E-state index >= 15 is 0 Å². The lowest BCUT2D eigenvalue weighted by molar-refractivity contribution is -0.142. The third-order valence-electron chi connectivity index (χ3n) is 5.82. The van der Waals surface area contributed by atoms with Crippen LogP contribution in [0.15, 0.2) is 48.5 Å². The quantitative estimate of drug-likeness (QED) is 0.304. The van der Waals surface area contributed by atoms with Crippen LogP contribution < -0.4 is 15.5 Å². The van der Waals surface area contributed by atoms with E-state index in [-0.39, 0.29) is 29.1 Å². The number of aromatic hydroxyl groups is 1. The van der Waals surface area contributed by atoms with Crippen LogP contribution in [0.4, 0.5) is 0 Å². The molecule has 3 aromatic carbocycles. The molecule has 0 aromatic heterocycles. The standard InChI is InChI=1S/C27H27BClNO6/c1-4-17-9-16(14-31)11-23(35-2)24(17)18-7-5-15(6-8-18)10-21(27(34)36-3)30-26(33)25-20(29)12-19(28)13-22(25)32/h5-9,11-13,21,31-32H,4,10,14H2,1-3H3,(H,30,33)/t21-/m0/s1. The SMILES string of the molecule is [B]c1cc(O)c(C(=O)N[C@@H](Cc2ccc(-c3c(CC)cc(CO)cc3OC)cc2)C(=O)OC)c(Cl)c1. The monoisotopic (exact) mass is 507 g/mol. The normalized spacial score (nSPS) is 11.6. The fourth-order valence-electron chi connectivity index (χ4n) is 4.04. The minimum atomic E-state index is -1.02. The molecule has 3 rings (SSSR count). The van der Waals surface area contributed by atoms with Crippen molar-refractivity contribution >= 4 is 36.8 Å². The Morgan fingerprint density at radius 2 is 1.78 bits per heavy atom. The number of aliphatic hydroxyl groups excluding tert-OH is 1. The number of methoxy groups -OCH3 is 2. The van der Waals surface area contributed by atoms with Crippen molar-refractivity contribution in [2.24, 2.45) is 0 Å². The number of rotatable bonds is 9. The van der Waals surface area contributed by atoms with Gasteiger partial charge in [0.25, 0.3) is 5.91 Å². The van der Waals surface area contributed by atoms with Crippen LogP contribution in [0, 0.1) is 0 Å². The second-order valence-corrected chi connectivity index (χ2v) is 8.60. The lowest BCUT2D eigenvalue weighted by Crippen LogP contribution is -2.43. The van der Waals surface area contributed by atoms with Crippen LogP contribution in [0.5, 0.6) is 11.5 Å². The van der Waals surface area contributed by atoms with Gasteiger partial charge >= 0.3 is 5.97 Å². The second-order valence-electron chi connectivity index (χ2n) is 8.19. The number of amides is 1. The molecule has 0 saturated heterocycles. The molecule has 186 valence electrons. The number of phenols is 1. The predicted octanol–water partition coefficient (Wildman–Crippen LogP) is 3.08. The van der Waals surface area contributed by atoms with Gasteiger partial charge in [-0.3, -0.25) is 4.79 Å². The average molecular weight is 508 g/mol. The molecule has 0 aliphatic carbocycles. The molecule has 36 heavy (non-hydrogen) atoms. The fourth-order valence-corrected chi connectivity index (χ4v) is 4.35. The number of carbonyl (C=O) groups is 2. The van der Waals surface area contributed by atoms with Crippen molar-refractivity contribution in [1.82, 2.24) is 5.32 Å². The van der Waals surface area contributed by atoms with Crippen molar-refractivity contribution in [2.45, 2.75) is 32.4 Å². The number of hydrogen-bond acceptors (Lipinski definition) is 6. The molecule has 0 bridgehead atoms. The highest BCUT2D eigenvalue weighted by atomic mass is 35.5. The number of benzene rings is 3. The maximum atomic E-state index is 12.8. The molecule has 0 heterocycles. The lowest BCUT2D eigenvalue weighted by Gasteiger charge is -2.19. The number of esters is 1. The molecule has 1 amide bonds. The summed E-state index contributed by atoms with van der Waals surface area (Å²) in [6, 6.07) is 12.8. The molecule has 3 N–H and O–H groups in total. The highest BCUT2D eigenvalue weighted by Crippen LogP contribution is 2.35. The van der Waals surface area contributed by atoms with E-state index < -0.39 is 23.7 Å². The Morgan fingerprint density at radius 1 is 1.08 bits per heavy atom. The van der Waals surface area contributed by atoms with E-state index in [1.54, 1.807) is 7.11 Å². The molecule has 2 radical (unpaired) electrons. The summed E-state index contributed by atoms with van der Waals surface area (Å²) < 4.78 is 10.4. The van der Waals surface area contributed by atoms with Crippen molar-refractivity contribution < 1.29 is 29.3 Å². The molecule has 0 spiro atoms. The Morgan fingerprint density at radius 3 is 2.33 bits per heavy atom. The number of aryl methyl sites for hydroxylation is 1. The van der Waals surface area contributed by atoms with Crippen molar-refractivity contribution in [3.8, 4) is 22.6 Å². The first kappa shape index (κ1) is 27.1. The van der Waals surface area contributed by atoms with Gasteiger partial charge in [-0.05, 0) is 46.9 Å². The smallest absolute Gasteiger partial charge is 0.328 e. The summed E-state index contributed by atoms with van der Waals surface area (Å²) in [6.45, 7) is 1.95. The van der Waals surface area contributed by atoms with Crippen molar-refractivity contribution in [1.29, 1.82) is 0 Å². The first-order valence-corrected chi connectivity index (χ1v) is 11.7. The van der Waals surface area contributed by atoms with Gasteiger partial charge in [-0.1, -0.05) is 54.3 Å². The van der Waals surface area contributed by atoms with Gasteiger partial charge in [-0.2, -0.15) is 0 Å². The summed E-state index contributed by atoms with van der Waals surface area (Å²) in [7, 11) is 8.45. The molecule has 1 atom stereocenters. The van der Waals surface area contributed by atoms with Gasteiger partial charge < -0.3 is 25.0 Å². The van der Waals surface area contributed by atoms with Gasteiger partial charge in [0.05, 0.1) is 31.4 Å². The number of nitrogens with one attached hydrogen (secondary N) is 1. The first-order valence-electron chi connectivity index (χ1n) is 11.3. The molecule has 0 saturated carbocycles. The van der Waals surface area contributed by atoms with E-state index in [1.807, 2.05) is 43.3 Å². The van der Waals surface area contributed by atoms with Gasteiger partial charge in [0.15, 0.2) is 0 Å². The van der Waals surface area contributed by atoms with Crippen LogP contribution in [0.25, 0.3) is 11.1 Å². The van der Waals surface area contributed by atoms with E-state index in [1.165, 1.54) is 19.2 Å². The van der Waals surface area contributed by atoms with Crippen LogP contribution in [0.3, 0.4) is 0 Å². The Labute approximate surface area is 216 Å². The highest BCUT2D eigenvalue weighted by Gasteiger charge is 2.25. The highest BCUT2D eigenvalue weighted by molar-refractivity contribution is 6.38. The Balaban J connectivity index is 1.87. The number of aliphatic hydroxyl groups is 1. The zero-order valence-electron chi connectivity index (χ0n) is 20.3. The number of hydrogen-bond donors (Lipinski definition) is 3. The average Bonchev–Trinajstić information content (AvgIpc) is 2.86. The summed E-state index contributed by atoms with van der Waals surface area (Å²) in [6.07, 6.45) is 0.894. The molecule has 0 aliphatic heterocycles. The first-order chi connectivity index (χ1) is 17.2. The van der Waals surface area contributed by atoms with Gasteiger partial charge in [0, 0.05) is 12.0 Å². The summed E-state index contributed by atoms with van der Waals surface area (Å²) in [5.41, 5.74) is 4.43. The van der Waals surface area contributed by atoms with Crippen LogP contribution in [0.2, 0.25) is 5.02 Å². The van der Waals surface area contributed by atoms with Crippen molar-refractivity contribution in [3.05, 3.63) is 75.8 Å². The summed E-state index contributed by atoms with van der Waals surface area (Å²) in [4.78, 5) is 25.2. The van der Waals surface area contributed by atoms with E-state index in [9.17, 15) is 19.8 Å². The third kappa shape index (κ3) is 6.01. The van der Waals surface area contributed by atoms with Gasteiger partial charge in [-0.25, -0.2) is 4.79 Å². The Kier molecular flexibility index (Phi) is 9.01. The lowest BCUT2D eigenvalue weighted by atomic mass is 9.93. The zero-order valence-corrected chi connectivity index (χ0v) is 21.1. The maximum absolute atomic E-state index is 12.8. The number of ether oxygens (including phenoxy) is 2. The summed E-state index contributed by atoms with van der Waals surface area (Å²) >= 11 is 6.09. The van der Waals surface area contributed by atoms with E-state index in [4.69, 9.17) is 28.9 Å². The van der Waals surface area contributed by atoms with E-state index in [2.05, 4.69) is 5.32 Å². The molecule has 0 fully saturated rings. The second kappa shape index (κ2) is 12.0. The molecule has 0 unspecified atom stereocenters. The molecular formula is C27H27BClNO6. The summed E-state index contributed by atoms with van der Waals surface area (Å²) in [5.74, 6) is -1.11. The van der Waals surface area contributed by atoms with E-state index in [0.29, 0.717) is 5.75 Å². The minimum absolute atomic E-state index is 0.0362.